The van der Waals surface area contributed by atoms with Gasteiger partial charge in [0.1, 0.15) is 22.7 Å². The minimum absolute atomic E-state index is 0.0130. The summed E-state index contributed by atoms with van der Waals surface area (Å²) in [6.07, 6.45) is 5.59. The predicted octanol–water partition coefficient (Wildman–Crippen LogP) is 6.61. The molecule has 0 unspecified atom stereocenters. The van der Waals surface area contributed by atoms with Gasteiger partial charge in [-0.05, 0) is 85.7 Å². The molecule has 0 fully saturated rings. The number of thiophene rings is 1. The molecule has 1 aliphatic carbocycles. The van der Waals surface area contributed by atoms with Crippen LogP contribution in [0.15, 0.2) is 54.1 Å². The van der Waals surface area contributed by atoms with E-state index in [1.54, 1.807) is 6.08 Å². The predicted molar refractivity (Wildman–Crippen MR) is 141 cm³/mol. The zero-order valence-electron chi connectivity index (χ0n) is 19.7. The Labute approximate surface area is 208 Å². The van der Waals surface area contributed by atoms with E-state index in [2.05, 4.69) is 52.4 Å². The number of benzene rings is 2. The number of amides is 1. The van der Waals surface area contributed by atoms with Crippen LogP contribution in [0.25, 0.3) is 22.5 Å². The van der Waals surface area contributed by atoms with Crippen LogP contribution in [0, 0.1) is 36.5 Å². The van der Waals surface area contributed by atoms with Crippen LogP contribution >= 0.6 is 11.3 Å². The molecule has 6 heteroatoms. The van der Waals surface area contributed by atoms with E-state index < -0.39 is 5.91 Å². The average molecular weight is 477 g/mol. The molecule has 1 N–H and O–H groups in total. The third-order valence-electron chi connectivity index (χ3n) is 6.64. The second-order valence-electron chi connectivity index (χ2n) is 8.84. The maximum Gasteiger partial charge on any atom is 0.266 e. The van der Waals surface area contributed by atoms with Crippen LogP contribution in [0.1, 0.15) is 45.8 Å². The summed E-state index contributed by atoms with van der Waals surface area (Å²) in [5, 5.41) is 25.2. The fourth-order valence-corrected chi connectivity index (χ4v) is 6.13. The van der Waals surface area contributed by atoms with Crippen LogP contribution in [0.5, 0.6) is 0 Å². The topological polar surface area (TPSA) is 81.6 Å². The Balaban J connectivity index is 1.47. The first kappa shape index (κ1) is 22.7. The maximum absolute atomic E-state index is 13.0. The average Bonchev–Trinajstić information content (AvgIpc) is 3.36. The lowest BCUT2D eigenvalue weighted by atomic mass is 9.96. The minimum Gasteiger partial charge on any atom is -0.318 e. The highest BCUT2D eigenvalue weighted by Gasteiger charge is 2.23. The van der Waals surface area contributed by atoms with Gasteiger partial charge in [-0.25, -0.2) is 0 Å². The molecule has 2 aromatic heterocycles. The van der Waals surface area contributed by atoms with E-state index in [9.17, 15) is 15.3 Å². The molecular formula is C29H24N4OS. The second kappa shape index (κ2) is 9.25. The van der Waals surface area contributed by atoms with Crippen molar-refractivity contribution in [3.8, 4) is 17.8 Å². The van der Waals surface area contributed by atoms with Crippen LogP contribution < -0.4 is 5.32 Å². The number of nitrogens with one attached hydrogen (secondary N) is 1. The van der Waals surface area contributed by atoms with E-state index in [1.807, 2.05) is 32.0 Å². The highest BCUT2D eigenvalue weighted by atomic mass is 32.1. The summed E-state index contributed by atoms with van der Waals surface area (Å²) in [5.41, 5.74) is 5.42. The first-order valence-corrected chi connectivity index (χ1v) is 12.5. The molecule has 0 saturated heterocycles. The van der Waals surface area contributed by atoms with Gasteiger partial charge in [-0.15, -0.1) is 11.3 Å². The van der Waals surface area contributed by atoms with Gasteiger partial charge in [0.15, 0.2) is 0 Å². The third-order valence-corrected chi connectivity index (χ3v) is 7.84. The van der Waals surface area contributed by atoms with Gasteiger partial charge in [0.05, 0.1) is 5.56 Å². The van der Waals surface area contributed by atoms with E-state index in [0.717, 1.165) is 59.3 Å². The van der Waals surface area contributed by atoms with Crippen molar-refractivity contribution in [2.45, 2.75) is 39.5 Å². The summed E-state index contributed by atoms with van der Waals surface area (Å²) in [7, 11) is 0. The van der Waals surface area contributed by atoms with E-state index in [0.29, 0.717) is 10.6 Å². The van der Waals surface area contributed by atoms with Crippen molar-refractivity contribution >= 4 is 39.1 Å². The molecule has 0 radical (unpaired) electrons. The molecule has 5 rings (SSSR count). The van der Waals surface area contributed by atoms with Crippen molar-refractivity contribution in [1.29, 1.82) is 10.5 Å². The van der Waals surface area contributed by atoms with Crippen molar-refractivity contribution in [3.63, 3.8) is 0 Å². The minimum atomic E-state index is -0.488. The van der Waals surface area contributed by atoms with Crippen LogP contribution in [0.4, 0.5) is 5.00 Å². The molecule has 1 amide bonds. The van der Waals surface area contributed by atoms with E-state index in [1.165, 1.54) is 21.6 Å². The summed E-state index contributed by atoms with van der Waals surface area (Å²) < 4.78 is 2.13. The number of aromatic nitrogens is 1. The molecule has 0 bridgehead atoms. The van der Waals surface area contributed by atoms with Gasteiger partial charge in [0.25, 0.3) is 5.91 Å². The van der Waals surface area contributed by atoms with Crippen LogP contribution in [0.3, 0.4) is 0 Å². The lowest BCUT2D eigenvalue weighted by molar-refractivity contribution is -0.112. The molecule has 0 atom stereocenters. The van der Waals surface area contributed by atoms with Gasteiger partial charge >= 0.3 is 0 Å². The molecule has 5 nitrogen and oxygen atoms in total. The van der Waals surface area contributed by atoms with Gasteiger partial charge in [-0.2, -0.15) is 10.5 Å². The Morgan fingerprint density at radius 3 is 2.60 bits per heavy atom. The smallest absolute Gasteiger partial charge is 0.266 e. The van der Waals surface area contributed by atoms with Crippen molar-refractivity contribution < 1.29 is 4.79 Å². The maximum atomic E-state index is 13.0. The summed E-state index contributed by atoms with van der Waals surface area (Å²) >= 11 is 1.46. The Morgan fingerprint density at radius 1 is 1.06 bits per heavy atom. The molecule has 2 aromatic carbocycles. The molecule has 0 spiro atoms. The van der Waals surface area contributed by atoms with Crippen LogP contribution in [0.2, 0.25) is 0 Å². The number of anilines is 1. The van der Waals surface area contributed by atoms with E-state index in [4.69, 9.17) is 0 Å². The molecule has 1 aliphatic rings. The number of aryl methyl sites for hydroxylation is 2. The number of nitrogens with zero attached hydrogens (tertiary/aromatic N) is 3. The van der Waals surface area contributed by atoms with E-state index >= 15 is 0 Å². The lowest BCUT2D eigenvalue weighted by Crippen LogP contribution is -2.13. The zero-order valence-corrected chi connectivity index (χ0v) is 20.5. The van der Waals surface area contributed by atoms with Gasteiger partial charge in [-0.1, -0.05) is 30.3 Å². The van der Waals surface area contributed by atoms with Crippen LogP contribution in [-0.4, -0.2) is 10.5 Å². The fourth-order valence-electron chi connectivity index (χ4n) is 4.89. The van der Waals surface area contributed by atoms with Gasteiger partial charge in [-0.3, -0.25) is 4.79 Å². The number of rotatable bonds is 4. The van der Waals surface area contributed by atoms with Crippen LogP contribution in [-0.2, 0) is 17.6 Å². The Bertz CT molecular complexity index is 1590. The van der Waals surface area contributed by atoms with Crippen molar-refractivity contribution in [3.05, 3.63) is 87.1 Å². The Morgan fingerprint density at radius 2 is 1.83 bits per heavy atom. The van der Waals surface area contributed by atoms with Gasteiger partial charge in [0.2, 0.25) is 0 Å². The number of nitriles is 2. The quantitative estimate of drug-likeness (QED) is 0.266. The highest BCUT2D eigenvalue weighted by Crippen LogP contribution is 2.38. The molecule has 172 valence electrons. The van der Waals surface area contributed by atoms with Crippen molar-refractivity contribution in [2.75, 3.05) is 5.32 Å². The molecule has 35 heavy (non-hydrogen) atoms. The monoisotopic (exact) mass is 476 g/mol. The number of carbonyl (C=O) groups excluding carboxylic acids is 1. The standard InChI is InChI=1S/C29H24N4OS/c1-18-13-22(19(2)33(18)24-12-11-20-7-3-4-8-21(20)15-24)14-23(16-30)28(34)32-29-26(17-31)25-9-5-6-10-27(25)35-29/h3-4,7-8,11-15H,5-6,9-10H2,1-2H3,(H,32,34)/b23-14+. The second-order valence-corrected chi connectivity index (χ2v) is 9.95. The lowest BCUT2D eigenvalue weighted by Gasteiger charge is -2.11. The first-order valence-electron chi connectivity index (χ1n) is 11.7. The largest absolute Gasteiger partial charge is 0.318 e. The summed E-state index contributed by atoms with van der Waals surface area (Å²) in [6, 6.07) is 20.8. The molecular weight excluding hydrogens is 452 g/mol. The summed E-state index contributed by atoms with van der Waals surface area (Å²) in [4.78, 5) is 14.2. The van der Waals surface area contributed by atoms with Gasteiger partial charge in [0, 0.05) is 22.0 Å². The number of carbonyl (C=O) groups is 1. The SMILES string of the molecule is Cc1cc(/C=C(\C#N)C(=O)Nc2sc3c(c2C#N)CCCC3)c(C)n1-c1ccc2ccccc2c1. The zero-order chi connectivity index (χ0) is 24.5. The number of hydrogen-bond acceptors (Lipinski definition) is 4. The Kier molecular flexibility index (Phi) is 5.99. The number of hydrogen-bond donors (Lipinski definition) is 1. The summed E-state index contributed by atoms with van der Waals surface area (Å²) in [5.74, 6) is -0.488. The molecule has 2 heterocycles. The van der Waals surface area contributed by atoms with Gasteiger partial charge < -0.3 is 9.88 Å². The summed E-state index contributed by atoms with van der Waals surface area (Å²) in [6.45, 7) is 4.00. The molecule has 0 saturated carbocycles. The molecule has 0 aliphatic heterocycles. The van der Waals surface area contributed by atoms with Crippen molar-refractivity contribution in [1.82, 2.24) is 4.57 Å². The third kappa shape index (κ3) is 4.14. The first-order chi connectivity index (χ1) is 17.0. The normalized spacial score (nSPS) is 13.2. The fraction of sp³-hybridized carbons (Fsp3) is 0.207. The molecule has 4 aromatic rings. The highest BCUT2D eigenvalue weighted by molar-refractivity contribution is 7.16. The van der Waals surface area contributed by atoms with E-state index in [-0.39, 0.29) is 5.57 Å². The number of fused-ring (bicyclic) bond motifs is 2. The van der Waals surface area contributed by atoms with Crippen molar-refractivity contribution in [2.24, 2.45) is 0 Å². The Hall–Kier alpha value is -4.13.